The van der Waals surface area contributed by atoms with Crippen LogP contribution < -0.4 is 5.73 Å². The molecule has 3 rings (SSSR count). The lowest BCUT2D eigenvalue weighted by molar-refractivity contribution is 0.370. The van der Waals surface area contributed by atoms with Crippen LogP contribution in [0.4, 0.5) is 5.82 Å². The maximum absolute atomic E-state index is 5.85. The normalized spacial score (nSPS) is 10.9. The highest BCUT2D eigenvalue weighted by atomic mass is 16.5. The third kappa shape index (κ3) is 1.63. The molecule has 3 aromatic heterocycles. The van der Waals surface area contributed by atoms with Crippen molar-refractivity contribution < 1.29 is 4.52 Å². The molecule has 92 valence electrons. The van der Waals surface area contributed by atoms with Crippen molar-refractivity contribution in [2.75, 3.05) is 5.73 Å². The van der Waals surface area contributed by atoms with E-state index in [9.17, 15) is 0 Å². The number of hydrogen-bond acceptors (Lipinski definition) is 6. The topological polar surface area (TPSA) is 101 Å². The van der Waals surface area contributed by atoms with E-state index in [0.29, 0.717) is 23.8 Å². The van der Waals surface area contributed by atoms with Crippen LogP contribution >= 0.6 is 0 Å². The minimum atomic E-state index is 0.359. The van der Waals surface area contributed by atoms with E-state index in [2.05, 4.69) is 20.6 Å². The summed E-state index contributed by atoms with van der Waals surface area (Å²) in [7, 11) is 1.83. The summed E-state index contributed by atoms with van der Waals surface area (Å²) < 4.78 is 8.42. The van der Waals surface area contributed by atoms with Gasteiger partial charge in [0.2, 0.25) is 0 Å². The minimum Gasteiger partial charge on any atom is -0.380 e. The summed E-state index contributed by atoms with van der Waals surface area (Å²) >= 11 is 0. The fourth-order valence-corrected chi connectivity index (χ4v) is 1.78. The summed E-state index contributed by atoms with van der Waals surface area (Å²) in [4.78, 5) is 0. The summed E-state index contributed by atoms with van der Waals surface area (Å²) in [6.45, 7) is 0.421. The standard InChI is InChI=1S/C10H11N7O/c1-16-8(3-4-12-16)9-10(11)14-15-17(9)6-7-2-5-13-18-7/h2-5H,6,11H2,1H3. The van der Waals surface area contributed by atoms with Crippen molar-refractivity contribution in [1.29, 1.82) is 0 Å². The van der Waals surface area contributed by atoms with Crippen LogP contribution in [0.5, 0.6) is 0 Å². The predicted molar refractivity (Wildman–Crippen MR) is 62.2 cm³/mol. The van der Waals surface area contributed by atoms with Gasteiger partial charge in [-0.3, -0.25) is 4.68 Å². The van der Waals surface area contributed by atoms with E-state index in [4.69, 9.17) is 10.3 Å². The second-order valence-electron chi connectivity index (χ2n) is 3.80. The maximum Gasteiger partial charge on any atom is 0.175 e. The molecule has 0 aliphatic rings. The molecule has 0 unspecified atom stereocenters. The van der Waals surface area contributed by atoms with Crippen molar-refractivity contribution >= 4 is 5.82 Å². The molecule has 3 aromatic rings. The summed E-state index contributed by atoms with van der Waals surface area (Å²) in [5, 5.41) is 15.6. The van der Waals surface area contributed by atoms with Crippen molar-refractivity contribution in [2.24, 2.45) is 7.05 Å². The van der Waals surface area contributed by atoms with Gasteiger partial charge in [0, 0.05) is 19.3 Å². The fourth-order valence-electron chi connectivity index (χ4n) is 1.78. The molecule has 0 bridgehead atoms. The molecule has 2 N–H and O–H groups in total. The first-order chi connectivity index (χ1) is 8.75. The number of nitrogens with zero attached hydrogens (tertiary/aromatic N) is 6. The zero-order valence-corrected chi connectivity index (χ0v) is 9.69. The molecule has 0 saturated heterocycles. The van der Waals surface area contributed by atoms with E-state index in [-0.39, 0.29) is 0 Å². The first-order valence-electron chi connectivity index (χ1n) is 5.32. The van der Waals surface area contributed by atoms with Crippen LogP contribution in [0.3, 0.4) is 0 Å². The molecule has 0 saturated carbocycles. The van der Waals surface area contributed by atoms with E-state index in [1.54, 1.807) is 27.8 Å². The Morgan fingerprint density at radius 2 is 2.22 bits per heavy atom. The zero-order chi connectivity index (χ0) is 12.5. The number of hydrogen-bond donors (Lipinski definition) is 1. The Labute approximate surface area is 102 Å². The SMILES string of the molecule is Cn1nccc1-c1c(N)nnn1Cc1ccno1. The van der Waals surface area contributed by atoms with Gasteiger partial charge in [-0.25, -0.2) is 4.68 Å². The monoisotopic (exact) mass is 245 g/mol. The van der Waals surface area contributed by atoms with Gasteiger partial charge in [0.05, 0.1) is 11.9 Å². The molecule has 0 aromatic carbocycles. The highest BCUT2D eigenvalue weighted by Crippen LogP contribution is 2.23. The van der Waals surface area contributed by atoms with Crippen LogP contribution in [-0.4, -0.2) is 29.9 Å². The van der Waals surface area contributed by atoms with E-state index >= 15 is 0 Å². The van der Waals surface area contributed by atoms with Gasteiger partial charge < -0.3 is 10.3 Å². The molecule has 0 fully saturated rings. The number of anilines is 1. The summed E-state index contributed by atoms with van der Waals surface area (Å²) in [6, 6.07) is 3.62. The van der Waals surface area contributed by atoms with Crippen molar-refractivity contribution in [3.8, 4) is 11.4 Å². The van der Waals surface area contributed by atoms with E-state index in [1.807, 2.05) is 13.1 Å². The Balaban J connectivity index is 2.04. The average Bonchev–Trinajstić information content (AvgIpc) is 3.04. The van der Waals surface area contributed by atoms with Crippen LogP contribution in [0.15, 0.2) is 29.0 Å². The molecule has 8 heteroatoms. The number of nitrogens with two attached hydrogens (primary N) is 1. The van der Waals surface area contributed by atoms with Crippen LogP contribution in [0, 0.1) is 0 Å². The van der Waals surface area contributed by atoms with Crippen LogP contribution in [0.1, 0.15) is 5.76 Å². The van der Waals surface area contributed by atoms with E-state index in [0.717, 1.165) is 5.69 Å². The van der Waals surface area contributed by atoms with Crippen molar-refractivity contribution in [1.82, 2.24) is 29.9 Å². The van der Waals surface area contributed by atoms with Gasteiger partial charge in [0.25, 0.3) is 0 Å². The van der Waals surface area contributed by atoms with E-state index < -0.39 is 0 Å². The maximum atomic E-state index is 5.85. The summed E-state index contributed by atoms with van der Waals surface area (Å²) in [5.41, 5.74) is 7.41. The Kier molecular flexibility index (Phi) is 2.33. The number of rotatable bonds is 3. The molecule has 0 spiro atoms. The van der Waals surface area contributed by atoms with Gasteiger partial charge in [-0.15, -0.1) is 5.10 Å². The lowest BCUT2D eigenvalue weighted by atomic mass is 10.3. The van der Waals surface area contributed by atoms with Gasteiger partial charge in [0.15, 0.2) is 11.6 Å². The highest BCUT2D eigenvalue weighted by Gasteiger charge is 2.16. The molecule has 0 radical (unpaired) electrons. The quantitative estimate of drug-likeness (QED) is 0.712. The largest absolute Gasteiger partial charge is 0.380 e. The van der Waals surface area contributed by atoms with Crippen molar-refractivity contribution in [3.63, 3.8) is 0 Å². The molecule has 0 atom stereocenters. The lowest BCUT2D eigenvalue weighted by Crippen LogP contribution is -2.06. The second-order valence-corrected chi connectivity index (χ2v) is 3.80. The Bertz CT molecular complexity index is 652. The molecule has 0 amide bonds. The Hall–Kier alpha value is -2.64. The molecule has 0 aliphatic heterocycles. The third-order valence-corrected chi connectivity index (χ3v) is 2.62. The predicted octanol–water partition coefficient (Wildman–Crippen LogP) is 0.297. The second kappa shape index (κ2) is 3.99. The number of aryl methyl sites for hydroxylation is 1. The molecule has 0 aliphatic carbocycles. The van der Waals surface area contributed by atoms with Crippen molar-refractivity contribution in [3.05, 3.63) is 30.3 Å². The van der Waals surface area contributed by atoms with Gasteiger partial charge in [-0.1, -0.05) is 10.4 Å². The third-order valence-electron chi connectivity index (χ3n) is 2.62. The summed E-state index contributed by atoms with van der Waals surface area (Å²) in [6.07, 6.45) is 3.28. The highest BCUT2D eigenvalue weighted by molar-refractivity contribution is 5.66. The molecule has 18 heavy (non-hydrogen) atoms. The van der Waals surface area contributed by atoms with Crippen molar-refractivity contribution in [2.45, 2.75) is 6.54 Å². The smallest absolute Gasteiger partial charge is 0.175 e. The Morgan fingerprint density at radius 1 is 1.33 bits per heavy atom. The van der Waals surface area contributed by atoms with Crippen LogP contribution in [0.25, 0.3) is 11.4 Å². The zero-order valence-electron chi connectivity index (χ0n) is 9.69. The molecule has 8 nitrogen and oxygen atoms in total. The lowest BCUT2D eigenvalue weighted by Gasteiger charge is -2.05. The first kappa shape index (κ1) is 10.5. The summed E-state index contributed by atoms with van der Waals surface area (Å²) in [5.74, 6) is 1.04. The van der Waals surface area contributed by atoms with E-state index in [1.165, 1.54) is 0 Å². The van der Waals surface area contributed by atoms with Gasteiger partial charge in [-0.2, -0.15) is 5.10 Å². The first-order valence-corrected chi connectivity index (χ1v) is 5.32. The van der Waals surface area contributed by atoms with Crippen LogP contribution in [-0.2, 0) is 13.6 Å². The number of aromatic nitrogens is 6. The molecular weight excluding hydrogens is 234 g/mol. The molecular formula is C10H11N7O. The van der Waals surface area contributed by atoms with Gasteiger partial charge in [0.1, 0.15) is 12.2 Å². The Morgan fingerprint density at radius 3 is 2.89 bits per heavy atom. The molecule has 3 heterocycles. The fraction of sp³-hybridized carbons (Fsp3) is 0.200. The van der Waals surface area contributed by atoms with Crippen LogP contribution in [0.2, 0.25) is 0 Å². The van der Waals surface area contributed by atoms with Gasteiger partial charge >= 0.3 is 0 Å². The van der Waals surface area contributed by atoms with Gasteiger partial charge in [-0.05, 0) is 6.07 Å². The minimum absolute atomic E-state index is 0.359. The average molecular weight is 245 g/mol. The number of nitrogen functional groups attached to an aromatic ring is 1.